The average molecular weight is 473 g/mol. The summed E-state index contributed by atoms with van der Waals surface area (Å²) in [6.45, 7) is 1.72. The molecule has 0 fully saturated rings. The number of benzene rings is 1. The second-order valence-corrected chi connectivity index (χ2v) is 6.67. The molecule has 1 aromatic carbocycles. The zero-order valence-corrected chi connectivity index (χ0v) is 15.5. The Morgan fingerprint density at radius 3 is 2.20 bits per heavy atom. The van der Waals surface area contributed by atoms with Crippen LogP contribution in [0.3, 0.4) is 0 Å². The number of carboxylic acids is 1. The number of urea groups is 1. The summed E-state index contributed by atoms with van der Waals surface area (Å²) in [6, 6.07) is 2.23. The summed E-state index contributed by atoms with van der Waals surface area (Å²) in [5, 5.41) is 11.7. The Kier molecular flexibility index (Phi) is 6.47. The molecule has 2 N–H and O–H groups in total. The molecule has 0 aliphatic carbocycles. The Hall–Kier alpha value is -0.600. The van der Waals surface area contributed by atoms with Crippen LogP contribution in [0.25, 0.3) is 0 Å². The Labute approximate surface area is 142 Å². The van der Waals surface area contributed by atoms with Crippen LogP contribution in [0.15, 0.2) is 25.6 Å². The van der Waals surface area contributed by atoms with Gasteiger partial charge in [-0.2, -0.15) is 0 Å². The summed E-state index contributed by atoms with van der Waals surface area (Å²) in [6.07, 6.45) is 0.335. The van der Waals surface area contributed by atoms with E-state index in [1.165, 1.54) is 11.9 Å². The minimum atomic E-state index is -1.03. The first-order valence-corrected chi connectivity index (χ1v) is 8.07. The summed E-state index contributed by atoms with van der Waals surface area (Å²) in [7, 11) is 1.46. The largest absolute Gasteiger partial charge is 0.480 e. The zero-order valence-electron chi connectivity index (χ0n) is 10.8. The normalized spacial score (nSPS) is 11.8. The summed E-state index contributed by atoms with van der Waals surface area (Å²) >= 11 is 10.0. The Bertz CT molecular complexity index is 514. The maximum atomic E-state index is 12.1. The van der Waals surface area contributed by atoms with Gasteiger partial charge in [0.25, 0.3) is 0 Å². The van der Waals surface area contributed by atoms with E-state index in [-0.39, 0.29) is 0 Å². The molecule has 1 atom stereocenters. The van der Waals surface area contributed by atoms with Crippen LogP contribution < -0.4 is 5.32 Å². The van der Waals surface area contributed by atoms with Gasteiger partial charge in [0.05, 0.1) is 5.69 Å². The van der Waals surface area contributed by atoms with Crippen molar-refractivity contribution in [1.29, 1.82) is 0 Å². The summed E-state index contributed by atoms with van der Waals surface area (Å²) in [5.41, 5.74) is 0.547. The predicted molar refractivity (Wildman–Crippen MR) is 88.0 cm³/mol. The third-order valence-electron chi connectivity index (χ3n) is 2.70. The molecule has 0 bridgehead atoms. The molecule has 0 aliphatic heterocycles. The number of halogens is 3. The predicted octanol–water partition coefficient (Wildman–Crippen LogP) is 4.30. The van der Waals surface area contributed by atoms with Crippen LogP contribution in [0.2, 0.25) is 0 Å². The molecular formula is C12H13Br3N2O3. The van der Waals surface area contributed by atoms with Gasteiger partial charge in [-0.25, -0.2) is 9.59 Å². The van der Waals surface area contributed by atoms with Crippen molar-refractivity contribution in [2.75, 3.05) is 12.4 Å². The molecule has 1 unspecified atom stereocenters. The first-order chi connectivity index (χ1) is 9.27. The molecule has 5 nitrogen and oxygen atoms in total. The molecule has 1 rings (SSSR count). The lowest BCUT2D eigenvalue weighted by Gasteiger charge is -2.24. The number of hydrogen-bond acceptors (Lipinski definition) is 2. The fraction of sp³-hybridized carbons (Fsp3) is 0.333. The van der Waals surface area contributed by atoms with Gasteiger partial charge in [0.15, 0.2) is 0 Å². The fourth-order valence-corrected chi connectivity index (χ4v) is 4.07. The third kappa shape index (κ3) is 4.20. The molecule has 0 saturated heterocycles. The van der Waals surface area contributed by atoms with Gasteiger partial charge in [-0.05, 0) is 50.4 Å². The van der Waals surface area contributed by atoms with Crippen LogP contribution in [0, 0.1) is 0 Å². The standard InChI is InChI=1S/C12H13Br3N2O3/c1-3-9(11(18)19)17(2)12(20)16-10-7(14)4-6(13)5-8(10)15/h4-5,9H,3H2,1-2H3,(H,16,20)(H,18,19). The molecule has 0 saturated carbocycles. The lowest BCUT2D eigenvalue weighted by Crippen LogP contribution is -2.44. The van der Waals surface area contributed by atoms with Gasteiger partial charge < -0.3 is 15.3 Å². The Morgan fingerprint density at radius 1 is 1.30 bits per heavy atom. The molecule has 20 heavy (non-hydrogen) atoms. The van der Waals surface area contributed by atoms with E-state index in [0.29, 0.717) is 21.1 Å². The van der Waals surface area contributed by atoms with Crippen LogP contribution >= 0.6 is 47.8 Å². The molecule has 0 radical (unpaired) electrons. The maximum absolute atomic E-state index is 12.1. The van der Waals surface area contributed by atoms with Gasteiger partial charge in [0, 0.05) is 20.5 Å². The van der Waals surface area contributed by atoms with E-state index in [1.54, 1.807) is 19.1 Å². The number of carboxylic acid groups (broad SMARTS) is 1. The van der Waals surface area contributed by atoms with Crippen LogP contribution in [0.5, 0.6) is 0 Å². The molecular weight excluding hydrogens is 460 g/mol. The molecule has 0 spiro atoms. The van der Waals surface area contributed by atoms with Gasteiger partial charge in [0.1, 0.15) is 6.04 Å². The van der Waals surface area contributed by atoms with E-state index in [1.807, 2.05) is 0 Å². The highest BCUT2D eigenvalue weighted by Crippen LogP contribution is 2.34. The number of amides is 2. The third-order valence-corrected chi connectivity index (χ3v) is 4.41. The number of nitrogens with zero attached hydrogens (tertiary/aromatic N) is 1. The zero-order chi connectivity index (χ0) is 15.4. The first kappa shape index (κ1) is 17.5. The quantitative estimate of drug-likeness (QED) is 0.686. The highest BCUT2D eigenvalue weighted by molar-refractivity contribution is 9.11. The van der Waals surface area contributed by atoms with Crippen molar-refractivity contribution in [2.24, 2.45) is 0 Å². The van der Waals surface area contributed by atoms with Crippen molar-refractivity contribution >= 4 is 65.5 Å². The number of likely N-dealkylation sites (N-methyl/N-ethyl adjacent to an activating group) is 1. The number of nitrogens with one attached hydrogen (secondary N) is 1. The lowest BCUT2D eigenvalue weighted by molar-refractivity contribution is -0.141. The number of aliphatic carboxylic acids is 1. The Balaban J connectivity index is 2.94. The van der Waals surface area contributed by atoms with Crippen molar-refractivity contribution < 1.29 is 14.7 Å². The highest BCUT2D eigenvalue weighted by atomic mass is 79.9. The number of rotatable bonds is 4. The number of hydrogen-bond donors (Lipinski definition) is 2. The van der Waals surface area contributed by atoms with E-state index >= 15 is 0 Å². The fourth-order valence-electron chi connectivity index (χ4n) is 1.61. The van der Waals surface area contributed by atoms with Crippen molar-refractivity contribution in [3.05, 3.63) is 25.6 Å². The number of carbonyl (C=O) groups excluding carboxylic acids is 1. The van der Waals surface area contributed by atoms with E-state index in [4.69, 9.17) is 5.11 Å². The van der Waals surface area contributed by atoms with Crippen molar-refractivity contribution in [2.45, 2.75) is 19.4 Å². The molecule has 8 heteroatoms. The van der Waals surface area contributed by atoms with Crippen molar-refractivity contribution in [3.8, 4) is 0 Å². The van der Waals surface area contributed by atoms with E-state index in [9.17, 15) is 9.59 Å². The Morgan fingerprint density at radius 2 is 1.80 bits per heavy atom. The summed E-state index contributed by atoms with van der Waals surface area (Å²) in [5.74, 6) is -1.03. The van der Waals surface area contributed by atoms with Crippen LogP contribution in [0.1, 0.15) is 13.3 Å². The summed E-state index contributed by atoms with van der Waals surface area (Å²) < 4.78 is 2.22. The SMILES string of the molecule is CCC(C(=O)O)N(C)C(=O)Nc1c(Br)cc(Br)cc1Br. The average Bonchev–Trinajstić information content (AvgIpc) is 2.33. The van der Waals surface area contributed by atoms with Gasteiger partial charge in [-0.3, -0.25) is 0 Å². The van der Waals surface area contributed by atoms with Crippen molar-refractivity contribution in [3.63, 3.8) is 0 Å². The van der Waals surface area contributed by atoms with Gasteiger partial charge in [-0.1, -0.05) is 22.9 Å². The van der Waals surface area contributed by atoms with Gasteiger partial charge in [0.2, 0.25) is 0 Å². The second-order valence-electron chi connectivity index (χ2n) is 4.05. The van der Waals surface area contributed by atoms with E-state index < -0.39 is 18.0 Å². The topological polar surface area (TPSA) is 69.6 Å². The van der Waals surface area contributed by atoms with Crippen molar-refractivity contribution in [1.82, 2.24) is 4.90 Å². The van der Waals surface area contributed by atoms with E-state index in [0.717, 1.165) is 4.47 Å². The number of carbonyl (C=O) groups is 2. The van der Waals surface area contributed by atoms with Crippen LogP contribution in [0.4, 0.5) is 10.5 Å². The second kappa shape index (κ2) is 7.42. The molecule has 1 aromatic rings. The highest BCUT2D eigenvalue weighted by Gasteiger charge is 2.25. The molecule has 0 heterocycles. The molecule has 0 aromatic heterocycles. The number of anilines is 1. The van der Waals surface area contributed by atoms with Gasteiger partial charge in [-0.15, -0.1) is 0 Å². The molecule has 2 amide bonds. The minimum Gasteiger partial charge on any atom is -0.480 e. The minimum absolute atomic E-state index is 0.335. The first-order valence-electron chi connectivity index (χ1n) is 5.69. The van der Waals surface area contributed by atoms with Crippen LogP contribution in [-0.2, 0) is 4.79 Å². The van der Waals surface area contributed by atoms with E-state index in [2.05, 4.69) is 53.1 Å². The lowest BCUT2D eigenvalue weighted by atomic mass is 10.2. The molecule has 110 valence electrons. The van der Waals surface area contributed by atoms with Crippen LogP contribution in [-0.4, -0.2) is 35.1 Å². The molecule has 0 aliphatic rings. The van der Waals surface area contributed by atoms with Gasteiger partial charge >= 0.3 is 12.0 Å². The monoisotopic (exact) mass is 470 g/mol. The maximum Gasteiger partial charge on any atom is 0.326 e. The smallest absolute Gasteiger partial charge is 0.326 e. The summed E-state index contributed by atoms with van der Waals surface area (Å²) in [4.78, 5) is 24.3.